The van der Waals surface area contributed by atoms with Crippen molar-refractivity contribution in [3.63, 3.8) is 0 Å². The van der Waals surface area contributed by atoms with E-state index in [0.717, 1.165) is 30.7 Å². The maximum Gasteiger partial charge on any atom is 0.243 e. The number of benzene rings is 1. The molecule has 0 unspecified atom stereocenters. The number of para-hydroxylation sites is 2. The van der Waals surface area contributed by atoms with Gasteiger partial charge >= 0.3 is 0 Å². The quantitative estimate of drug-likeness (QED) is 0.808. The van der Waals surface area contributed by atoms with E-state index in [1.165, 1.54) is 0 Å². The summed E-state index contributed by atoms with van der Waals surface area (Å²) in [5.41, 5.74) is 5.68. The molecule has 0 atom stereocenters. The number of nitrogens with one attached hydrogen (secondary N) is 1. The molecule has 0 saturated heterocycles. The summed E-state index contributed by atoms with van der Waals surface area (Å²) in [7, 11) is 1.61. The van der Waals surface area contributed by atoms with Crippen LogP contribution in [0, 0.1) is 0 Å². The number of methoxy groups -OCH3 is 1. The molecule has 1 aliphatic carbocycles. The molecule has 0 aromatic heterocycles. The predicted octanol–water partition coefficient (Wildman–Crippen LogP) is 1.52. The van der Waals surface area contributed by atoms with Crippen molar-refractivity contribution >= 4 is 11.6 Å². The molecular formula is C12H16N2O2. The van der Waals surface area contributed by atoms with Gasteiger partial charge in [-0.1, -0.05) is 12.1 Å². The highest BCUT2D eigenvalue weighted by atomic mass is 16.5. The summed E-state index contributed by atoms with van der Waals surface area (Å²) in [6, 6.07) is 7.54. The fourth-order valence-corrected chi connectivity index (χ4v) is 1.97. The van der Waals surface area contributed by atoms with Gasteiger partial charge in [-0.15, -0.1) is 0 Å². The average Bonchev–Trinajstić information content (AvgIpc) is 2.23. The van der Waals surface area contributed by atoms with Crippen molar-refractivity contribution in [1.82, 2.24) is 0 Å². The number of anilines is 1. The number of nitrogens with two attached hydrogens (primary N) is 1. The Morgan fingerprint density at radius 1 is 1.44 bits per heavy atom. The van der Waals surface area contributed by atoms with E-state index in [-0.39, 0.29) is 5.91 Å². The van der Waals surface area contributed by atoms with Crippen LogP contribution in [0.4, 0.5) is 5.69 Å². The third kappa shape index (κ3) is 1.71. The number of carbonyl (C=O) groups excluding carboxylic acids is 1. The first-order valence-corrected chi connectivity index (χ1v) is 5.39. The van der Waals surface area contributed by atoms with Crippen LogP contribution in [-0.2, 0) is 4.79 Å². The molecule has 4 nitrogen and oxygen atoms in total. The van der Waals surface area contributed by atoms with Crippen LogP contribution >= 0.6 is 0 Å². The van der Waals surface area contributed by atoms with Gasteiger partial charge in [0.15, 0.2) is 0 Å². The van der Waals surface area contributed by atoms with Crippen LogP contribution in [-0.4, -0.2) is 18.6 Å². The third-order valence-corrected chi connectivity index (χ3v) is 3.16. The average molecular weight is 220 g/mol. The van der Waals surface area contributed by atoms with Gasteiger partial charge in [-0.2, -0.15) is 0 Å². The number of rotatable bonds is 4. The zero-order chi connectivity index (χ0) is 11.6. The SMILES string of the molecule is COc1ccccc1NC1(C(N)=O)CCC1. The maximum atomic E-state index is 11.4. The molecule has 0 bridgehead atoms. The van der Waals surface area contributed by atoms with Gasteiger partial charge in [-0.25, -0.2) is 0 Å². The molecule has 1 amide bonds. The van der Waals surface area contributed by atoms with E-state index in [0.29, 0.717) is 0 Å². The number of hydrogen-bond donors (Lipinski definition) is 2. The zero-order valence-electron chi connectivity index (χ0n) is 9.32. The Morgan fingerprint density at radius 2 is 2.12 bits per heavy atom. The largest absolute Gasteiger partial charge is 0.495 e. The van der Waals surface area contributed by atoms with Crippen molar-refractivity contribution in [1.29, 1.82) is 0 Å². The normalized spacial score (nSPS) is 17.3. The molecule has 1 saturated carbocycles. The van der Waals surface area contributed by atoms with Crippen molar-refractivity contribution < 1.29 is 9.53 Å². The first-order chi connectivity index (χ1) is 7.68. The topological polar surface area (TPSA) is 64.3 Å². The molecule has 1 fully saturated rings. The van der Waals surface area contributed by atoms with Gasteiger partial charge in [0.05, 0.1) is 12.8 Å². The van der Waals surface area contributed by atoms with E-state index in [2.05, 4.69) is 5.32 Å². The van der Waals surface area contributed by atoms with Gasteiger partial charge in [-0.05, 0) is 31.4 Å². The summed E-state index contributed by atoms with van der Waals surface area (Å²) in [6.07, 6.45) is 2.62. The first-order valence-electron chi connectivity index (χ1n) is 5.39. The lowest BCUT2D eigenvalue weighted by atomic mass is 9.76. The van der Waals surface area contributed by atoms with E-state index in [1.807, 2.05) is 24.3 Å². The van der Waals surface area contributed by atoms with E-state index in [9.17, 15) is 4.79 Å². The van der Waals surface area contributed by atoms with Crippen molar-refractivity contribution in [3.8, 4) is 5.75 Å². The highest BCUT2D eigenvalue weighted by Crippen LogP contribution is 2.37. The number of ether oxygens (including phenoxy) is 1. The summed E-state index contributed by atoms with van der Waals surface area (Å²) in [5, 5.41) is 3.21. The molecule has 0 spiro atoms. The second kappa shape index (κ2) is 4.04. The summed E-state index contributed by atoms with van der Waals surface area (Å²) in [5.74, 6) is 0.444. The number of carbonyl (C=O) groups is 1. The van der Waals surface area contributed by atoms with E-state index >= 15 is 0 Å². The van der Waals surface area contributed by atoms with Crippen LogP contribution in [0.3, 0.4) is 0 Å². The third-order valence-electron chi connectivity index (χ3n) is 3.16. The molecule has 2 rings (SSSR count). The van der Waals surface area contributed by atoms with Crippen molar-refractivity contribution in [2.45, 2.75) is 24.8 Å². The molecule has 0 heterocycles. The zero-order valence-corrected chi connectivity index (χ0v) is 9.32. The Morgan fingerprint density at radius 3 is 2.62 bits per heavy atom. The molecule has 0 aliphatic heterocycles. The van der Waals surface area contributed by atoms with Gasteiger partial charge in [-0.3, -0.25) is 4.79 Å². The molecule has 1 aromatic rings. The fraction of sp³-hybridized carbons (Fsp3) is 0.417. The Bertz CT molecular complexity index is 400. The Balaban J connectivity index is 2.22. The maximum absolute atomic E-state index is 11.4. The van der Waals surface area contributed by atoms with Gasteiger partial charge in [0, 0.05) is 0 Å². The first kappa shape index (κ1) is 10.8. The number of primary amides is 1. The van der Waals surface area contributed by atoms with Crippen LogP contribution < -0.4 is 15.8 Å². The molecular weight excluding hydrogens is 204 g/mol. The lowest BCUT2D eigenvalue weighted by Gasteiger charge is -2.40. The summed E-state index contributed by atoms with van der Waals surface area (Å²) in [4.78, 5) is 11.4. The van der Waals surface area contributed by atoms with Crippen molar-refractivity contribution in [2.24, 2.45) is 5.73 Å². The van der Waals surface area contributed by atoms with E-state index in [4.69, 9.17) is 10.5 Å². The van der Waals surface area contributed by atoms with Crippen molar-refractivity contribution in [2.75, 3.05) is 12.4 Å². The fourth-order valence-electron chi connectivity index (χ4n) is 1.97. The monoisotopic (exact) mass is 220 g/mol. The predicted molar refractivity (Wildman–Crippen MR) is 62.4 cm³/mol. The second-order valence-corrected chi connectivity index (χ2v) is 4.13. The molecule has 1 aliphatic rings. The Hall–Kier alpha value is -1.71. The minimum absolute atomic E-state index is 0.287. The van der Waals surface area contributed by atoms with E-state index < -0.39 is 5.54 Å². The Labute approximate surface area is 94.8 Å². The Kier molecular flexibility index (Phi) is 2.73. The van der Waals surface area contributed by atoms with E-state index in [1.54, 1.807) is 7.11 Å². The summed E-state index contributed by atoms with van der Waals surface area (Å²) >= 11 is 0. The second-order valence-electron chi connectivity index (χ2n) is 4.13. The van der Waals surface area contributed by atoms with Crippen LogP contribution in [0.5, 0.6) is 5.75 Å². The summed E-state index contributed by atoms with van der Waals surface area (Å²) < 4.78 is 5.22. The number of amides is 1. The van der Waals surface area contributed by atoms with Gasteiger partial charge < -0.3 is 15.8 Å². The van der Waals surface area contributed by atoms with Gasteiger partial charge in [0.2, 0.25) is 5.91 Å². The molecule has 4 heteroatoms. The van der Waals surface area contributed by atoms with Crippen LogP contribution in [0.2, 0.25) is 0 Å². The van der Waals surface area contributed by atoms with Crippen molar-refractivity contribution in [3.05, 3.63) is 24.3 Å². The highest BCUT2D eigenvalue weighted by molar-refractivity contribution is 5.89. The minimum atomic E-state index is -0.575. The summed E-state index contributed by atoms with van der Waals surface area (Å²) in [6.45, 7) is 0. The smallest absolute Gasteiger partial charge is 0.243 e. The molecule has 1 aromatic carbocycles. The molecule has 3 N–H and O–H groups in total. The molecule has 16 heavy (non-hydrogen) atoms. The van der Waals surface area contributed by atoms with Crippen LogP contribution in [0.25, 0.3) is 0 Å². The van der Waals surface area contributed by atoms with Crippen LogP contribution in [0.15, 0.2) is 24.3 Å². The molecule has 0 radical (unpaired) electrons. The standard InChI is InChI=1S/C12H16N2O2/c1-16-10-6-3-2-5-9(10)14-12(11(13)15)7-4-8-12/h2-3,5-6,14H,4,7-8H2,1H3,(H2,13,15). The van der Waals surface area contributed by atoms with Crippen LogP contribution in [0.1, 0.15) is 19.3 Å². The minimum Gasteiger partial charge on any atom is -0.495 e. The molecule has 86 valence electrons. The highest BCUT2D eigenvalue weighted by Gasteiger charge is 2.43. The van der Waals surface area contributed by atoms with Gasteiger partial charge in [0.25, 0.3) is 0 Å². The lowest BCUT2D eigenvalue weighted by Crippen LogP contribution is -2.55. The number of hydrogen-bond acceptors (Lipinski definition) is 3. The lowest BCUT2D eigenvalue weighted by molar-refractivity contribution is -0.124. The van der Waals surface area contributed by atoms with Gasteiger partial charge in [0.1, 0.15) is 11.3 Å².